The summed E-state index contributed by atoms with van der Waals surface area (Å²) in [6.45, 7) is 5.53. The van der Waals surface area contributed by atoms with Crippen molar-refractivity contribution < 1.29 is 4.42 Å². The summed E-state index contributed by atoms with van der Waals surface area (Å²) in [7, 11) is 0. The van der Waals surface area contributed by atoms with Crippen LogP contribution in [0.4, 0.5) is 0 Å². The van der Waals surface area contributed by atoms with Gasteiger partial charge in [-0.05, 0) is 31.6 Å². The molecule has 1 aliphatic heterocycles. The topological polar surface area (TPSA) is 29.3 Å². The summed E-state index contributed by atoms with van der Waals surface area (Å²) in [5, 5.41) is 0. The lowest BCUT2D eigenvalue weighted by atomic mass is 10.0. The predicted molar refractivity (Wildman–Crippen MR) is 57.3 cm³/mol. The van der Waals surface area contributed by atoms with Crippen molar-refractivity contribution in [3.63, 3.8) is 0 Å². The molecule has 2 fully saturated rings. The molecule has 0 N–H and O–H groups in total. The number of likely N-dealkylation sites (tertiary alicyclic amines) is 1. The van der Waals surface area contributed by atoms with Crippen LogP contribution in [0, 0.1) is 18.8 Å². The Kier molecular flexibility index (Phi) is 2.28. The third-order valence-corrected chi connectivity index (χ3v) is 4.02. The van der Waals surface area contributed by atoms with Crippen LogP contribution in [0.1, 0.15) is 30.7 Å². The van der Waals surface area contributed by atoms with E-state index in [2.05, 4.69) is 9.88 Å². The van der Waals surface area contributed by atoms with Crippen LogP contribution in [0.25, 0.3) is 0 Å². The highest BCUT2D eigenvalue weighted by Gasteiger charge is 2.36. The van der Waals surface area contributed by atoms with Crippen molar-refractivity contribution in [1.82, 2.24) is 9.88 Å². The first kappa shape index (κ1) is 9.40. The zero-order valence-electron chi connectivity index (χ0n) is 9.28. The van der Waals surface area contributed by atoms with Crippen LogP contribution in [-0.2, 0) is 6.54 Å². The van der Waals surface area contributed by atoms with Crippen molar-refractivity contribution in [2.45, 2.75) is 32.7 Å². The Morgan fingerprint density at radius 1 is 1.40 bits per heavy atom. The fourth-order valence-corrected chi connectivity index (χ4v) is 3.15. The van der Waals surface area contributed by atoms with Gasteiger partial charge in [0, 0.05) is 19.6 Å². The van der Waals surface area contributed by atoms with Crippen LogP contribution in [0.15, 0.2) is 10.8 Å². The van der Waals surface area contributed by atoms with Crippen molar-refractivity contribution in [3.05, 3.63) is 17.8 Å². The van der Waals surface area contributed by atoms with Crippen molar-refractivity contribution in [2.24, 2.45) is 11.8 Å². The number of aromatic nitrogens is 1. The van der Waals surface area contributed by atoms with Crippen molar-refractivity contribution in [1.29, 1.82) is 0 Å². The highest BCUT2D eigenvalue weighted by atomic mass is 16.3. The van der Waals surface area contributed by atoms with Gasteiger partial charge in [-0.3, -0.25) is 4.90 Å². The molecule has 0 amide bonds. The molecule has 2 unspecified atom stereocenters. The van der Waals surface area contributed by atoms with Crippen LogP contribution < -0.4 is 0 Å². The predicted octanol–water partition coefficient (Wildman–Crippen LogP) is 2.21. The molecule has 1 saturated heterocycles. The summed E-state index contributed by atoms with van der Waals surface area (Å²) in [5.41, 5.74) is 1.12. The van der Waals surface area contributed by atoms with E-state index >= 15 is 0 Å². The first-order valence-corrected chi connectivity index (χ1v) is 5.94. The van der Waals surface area contributed by atoms with E-state index in [4.69, 9.17) is 4.42 Å². The second-order valence-electron chi connectivity index (χ2n) is 5.00. The van der Waals surface area contributed by atoms with Crippen LogP contribution in [0.3, 0.4) is 0 Å². The van der Waals surface area contributed by atoms with Gasteiger partial charge in [-0.15, -0.1) is 0 Å². The van der Waals surface area contributed by atoms with E-state index in [0.29, 0.717) is 0 Å². The van der Waals surface area contributed by atoms with E-state index in [1.54, 1.807) is 6.39 Å². The molecule has 2 atom stereocenters. The second kappa shape index (κ2) is 3.63. The van der Waals surface area contributed by atoms with Gasteiger partial charge in [0.05, 0.1) is 5.69 Å². The zero-order valence-corrected chi connectivity index (χ0v) is 9.28. The Balaban J connectivity index is 1.64. The molecule has 15 heavy (non-hydrogen) atoms. The van der Waals surface area contributed by atoms with Crippen LogP contribution >= 0.6 is 0 Å². The maximum Gasteiger partial charge on any atom is 0.181 e. The largest absolute Gasteiger partial charge is 0.448 e. The van der Waals surface area contributed by atoms with Gasteiger partial charge in [0.25, 0.3) is 0 Å². The SMILES string of the molecule is Cc1ocnc1CN1CC2CCCC2C1. The molecule has 0 radical (unpaired) electrons. The van der Waals surface area contributed by atoms with Crippen molar-refractivity contribution >= 4 is 0 Å². The van der Waals surface area contributed by atoms with Gasteiger partial charge in [0.2, 0.25) is 0 Å². The first-order valence-electron chi connectivity index (χ1n) is 5.94. The molecule has 82 valence electrons. The summed E-state index contributed by atoms with van der Waals surface area (Å²) in [6.07, 6.45) is 5.89. The molecule has 0 bridgehead atoms. The molecule has 1 aromatic heterocycles. The monoisotopic (exact) mass is 206 g/mol. The maximum absolute atomic E-state index is 5.23. The molecule has 2 aliphatic rings. The lowest BCUT2D eigenvalue weighted by Crippen LogP contribution is -2.21. The summed E-state index contributed by atoms with van der Waals surface area (Å²) in [6, 6.07) is 0. The number of fused-ring (bicyclic) bond motifs is 1. The average molecular weight is 206 g/mol. The Morgan fingerprint density at radius 2 is 2.13 bits per heavy atom. The molecule has 0 spiro atoms. The lowest BCUT2D eigenvalue weighted by Gasteiger charge is -2.14. The fraction of sp³-hybridized carbons (Fsp3) is 0.750. The molecule has 1 saturated carbocycles. The van der Waals surface area contributed by atoms with Gasteiger partial charge in [-0.25, -0.2) is 4.98 Å². The average Bonchev–Trinajstić information content (AvgIpc) is 2.83. The van der Waals surface area contributed by atoms with E-state index in [9.17, 15) is 0 Å². The van der Waals surface area contributed by atoms with Gasteiger partial charge >= 0.3 is 0 Å². The van der Waals surface area contributed by atoms with Gasteiger partial charge in [-0.2, -0.15) is 0 Å². The van der Waals surface area contributed by atoms with E-state index in [1.807, 2.05) is 6.92 Å². The third-order valence-electron chi connectivity index (χ3n) is 4.02. The molecule has 0 aromatic carbocycles. The molecule has 3 nitrogen and oxygen atoms in total. The molecule has 3 heteroatoms. The first-order chi connectivity index (χ1) is 7.33. The quantitative estimate of drug-likeness (QED) is 0.743. The van der Waals surface area contributed by atoms with E-state index in [1.165, 1.54) is 32.4 Å². The van der Waals surface area contributed by atoms with Crippen LogP contribution in [0.2, 0.25) is 0 Å². The van der Waals surface area contributed by atoms with Crippen LogP contribution in [0.5, 0.6) is 0 Å². The number of aryl methyl sites for hydroxylation is 1. The number of oxazole rings is 1. The smallest absolute Gasteiger partial charge is 0.181 e. The van der Waals surface area contributed by atoms with Crippen molar-refractivity contribution in [2.75, 3.05) is 13.1 Å². The number of hydrogen-bond donors (Lipinski definition) is 0. The van der Waals surface area contributed by atoms with E-state index < -0.39 is 0 Å². The molecule has 1 aliphatic carbocycles. The van der Waals surface area contributed by atoms with Gasteiger partial charge in [0.15, 0.2) is 6.39 Å². The summed E-state index contributed by atoms with van der Waals surface area (Å²) in [5.74, 6) is 2.92. The third kappa shape index (κ3) is 1.69. The Bertz CT molecular complexity index is 335. The van der Waals surface area contributed by atoms with Crippen LogP contribution in [-0.4, -0.2) is 23.0 Å². The Morgan fingerprint density at radius 3 is 2.73 bits per heavy atom. The standard InChI is InChI=1S/C12H18N2O/c1-9-12(13-8-15-9)7-14-5-10-3-2-4-11(10)6-14/h8,10-11H,2-7H2,1H3. The molecule has 2 heterocycles. The normalized spacial score (nSPS) is 31.0. The minimum absolute atomic E-state index is 0.970. The van der Waals surface area contributed by atoms with Crippen molar-refractivity contribution in [3.8, 4) is 0 Å². The molecular formula is C12H18N2O. The highest BCUT2D eigenvalue weighted by molar-refractivity contribution is 5.05. The van der Waals surface area contributed by atoms with E-state index in [0.717, 1.165) is 29.8 Å². The number of rotatable bonds is 2. The Labute approximate surface area is 90.5 Å². The van der Waals surface area contributed by atoms with Gasteiger partial charge in [-0.1, -0.05) is 6.42 Å². The molecular weight excluding hydrogens is 188 g/mol. The molecule has 1 aromatic rings. The summed E-state index contributed by atoms with van der Waals surface area (Å²) in [4.78, 5) is 6.81. The Hall–Kier alpha value is -0.830. The summed E-state index contributed by atoms with van der Waals surface area (Å²) < 4.78 is 5.23. The lowest BCUT2D eigenvalue weighted by molar-refractivity contribution is 0.298. The van der Waals surface area contributed by atoms with E-state index in [-0.39, 0.29) is 0 Å². The van der Waals surface area contributed by atoms with Gasteiger partial charge in [0.1, 0.15) is 5.76 Å². The zero-order chi connectivity index (χ0) is 10.3. The fourth-order valence-electron chi connectivity index (χ4n) is 3.15. The number of hydrogen-bond acceptors (Lipinski definition) is 3. The minimum Gasteiger partial charge on any atom is -0.448 e. The maximum atomic E-state index is 5.23. The minimum atomic E-state index is 0.970. The second-order valence-corrected chi connectivity index (χ2v) is 5.00. The van der Waals surface area contributed by atoms with Gasteiger partial charge < -0.3 is 4.42 Å². The number of nitrogens with zero attached hydrogens (tertiary/aromatic N) is 2. The highest BCUT2D eigenvalue weighted by Crippen LogP contribution is 2.38. The summed E-state index contributed by atoms with van der Waals surface area (Å²) >= 11 is 0. The molecule has 3 rings (SSSR count).